The summed E-state index contributed by atoms with van der Waals surface area (Å²) in [5.41, 5.74) is 0.383. The Morgan fingerprint density at radius 3 is 2.69 bits per heavy atom. The van der Waals surface area contributed by atoms with Gasteiger partial charge < -0.3 is 15.5 Å². The molecule has 3 nitrogen and oxygen atoms in total. The highest BCUT2D eigenvalue weighted by atomic mass is 35.5. The first-order valence-corrected chi connectivity index (χ1v) is 5.62. The second-order valence-corrected chi connectivity index (χ2v) is 4.93. The molecule has 1 aromatic rings. The minimum atomic E-state index is -0.621. The maximum atomic E-state index is 9.90. The zero-order chi connectivity index (χ0) is 12.2. The second kappa shape index (κ2) is 5.64. The van der Waals surface area contributed by atoms with Crippen LogP contribution in [0.25, 0.3) is 0 Å². The van der Waals surface area contributed by atoms with E-state index in [4.69, 9.17) is 16.7 Å². The van der Waals surface area contributed by atoms with Crippen LogP contribution in [0.2, 0.25) is 5.02 Å². The summed E-state index contributed by atoms with van der Waals surface area (Å²) >= 11 is 5.83. The molecule has 0 fully saturated rings. The van der Waals surface area contributed by atoms with Gasteiger partial charge in [-0.15, -0.1) is 0 Å². The zero-order valence-electron chi connectivity index (χ0n) is 9.57. The Morgan fingerprint density at radius 2 is 2.12 bits per heavy atom. The number of benzene rings is 1. The molecule has 0 spiro atoms. The highest BCUT2D eigenvalue weighted by Gasteiger charge is 2.17. The lowest BCUT2D eigenvalue weighted by molar-refractivity contribution is 0.136. The van der Waals surface area contributed by atoms with E-state index in [0.717, 1.165) is 5.56 Å². The molecule has 1 rings (SSSR count). The molecule has 0 saturated carbocycles. The van der Waals surface area contributed by atoms with Crippen molar-refractivity contribution >= 4 is 11.6 Å². The monoisotopic (exact) mass is 243 g/mol. The number of hydrogen-bond acceptors (Lipinski definition) is 3. The van der Waals surface area contributed by atoms with Gasteiger partial charge in [0.1, 0.15) is 0 Å². The highest BCUT2D eigenvalue weighted by Crippen LogP contribution is 2.17. The Labute approximate surface area is 101 Å². The molecule has 0 aliphatic rings. The van der Waals surface area contributed by atoms with Gasteiger partial charge in [-0.1, -0.05) is 23.7 Å². The number of β-amino-alcohol motifs (C(OH)–C–C–N with tert-alkyl or cyclic N) is 1. The van der Waals surface area contributed by atoms with Gasteiger partial charge in [-0.05, 0) is 31.5 Å². The Hall–Kier alpha value is -0.610. The van der Waals surface area contributed by atoms with Gasteiger partial charge in [0, 0.05) is 17.1 Å². The average Bonchev–Trinajstić information content (AvgIpc) is 2.26. The molecule has 1 atom stereocenters. The van der Waals surface area contributed by atoms with E-state index in [1.807, 2.05) is 19.9 Å². The topological polar surface area (TPSA) is 52.5 Å². The molecule has 0 aromatic heterocycles. The number of halogens is 1. The van der Waals surface area contributed by atoms with E-state index in [2.05, 4.69) is 5.32 Å². The van der Waals surface area contributed by atoms with Gasteiger partial charge in [0.25, 0.3) is 0 Å². The van der Waals surface area contributed by atoms with Gasteiger partial charge in [-0.3, -0.25) is 0 Å². The molecule has 0 amide bonds. The summed E-state index contributed by atoms with van der Waals surface area (Å²) in [6, 6.07) is 7.13. The van der Waals surface area contributed by atoms with Crippen molar-refractivity contribution in [1.82, 2.24) is 5.32 Å². The van der Waals surface area contributed by atoms with E-state index >= 15 is 0 Å². The Morgan fingerprint density at radius 1 is 1.44 bits per heavy atom. The summed E-state index contributed by atoms with van der Waals surface area (Å²) in [6.07, 6.45) is -0.621. The van der Waals surface area contributed by atoms with Gasteiger partial charge in [0.2, 0.25) is 0 Å². The summed E-state index contributed by atoms with van der Waals surface area (Å²) in [7, 11) is 0. The van der Waals surface area contributed by atoms with Crippen molar-refractivity contribution in [2.45, 2.75) is 25.5 Å². The Kier molecular flexibility index (Phi) is 4.74. The predicted molar refractivity (Wildman–Crippen MR) is 65.6 cm³/mol. The molecule has 0 radical (unpaired) electrons. The third kappa shape index (κ3) is 4.10. The molecule has 1 aromatic carbocycles. The molecule has 16 heavy (non-hydrogen) atoms. The van der Waals surface area contributed by atoms with Crippen LogP contribution in [0.5, 0.6) is 0 Å². The zero-order valence-corrected chi connectivity index (χ0v) is 10.3. The molecule has 0 aliphatic heterocycles. The lowest BCUT2D eigenvalue weighted by Crippen LogP contribution is -2.44. The molecule has 90 valence electrons. The van der Waals surface area contributed by atoms with E-state index < -0.39 is 6.10 Å². The van der Waals surface area contributed by atoms with Crippen LogP contribution in [0.1, 0.15) is 25.5 Å². The molecule has 0 bridgehead atoms. The van der Waals surface area contributed by atoms with Crippen molar-refractivity contribution in [3.63, 3.8) is 0 Å². The lowest BCUT2D eigenvalue weighted by Gasteiger charge is -2.25. The molecule has 0 saturated heterocycles. The summed E-state index contributed by atoms with van der Waals surface area (Å²) in [5.74, 6) is 0. The predicted octanol–water partition coefficient (Wildman–Crippen LogP) is 1.73. The standard InChI is InChI=1S/C12H18ClNO2/c1-12(2,8-15)14-7-11(16)9-4-3-5-10(13)6-9/h3-6,11,14-16H,7-8H2,1-2H3. The first-order valence-electron chi connectivity index (χ1n) is 5.24. The quantitative estimate of drug-likeness (QED) is 0.738. The average molecular weight is 244 g/mol. The van der Waals surface area contributed by atoms with E-state index in [1.54, 1.807) is 18.2 Å². The van der Waals surface area contributed by atoms with Crippen LogP contribution in [0, 0.1) is 0 Å². The van der Waals surface area contributed by atoms with Crippen molar-refractivity contribution in [3.8, 4) is 0 Å². The summed E-state index contributed by atoms with van der Waals surface area (Å²) in [6.45, 7) is 4.15. The summed E-state index contributed by atoms with van der Waals surface area (Å²) < 4.78 is 0. The maximum absolute atomic E-state index is 9.90. The molecule has 1 unspecified atom stereocenters. The lowest BCUT2D eigenvalue weighted by atomic mass is 10.1. The fourth-order valence-electron chi connectivity index (χ4n) is 1.26. The summed E-state index contributed by atoms with van der Waals surface area (Å²) in [5, 5.41) is 22.6. The number of rotatable bonds is 5. The van der Waals surface area contributed by atoms with Crippen molar-refractivity contribution in [2.24, 2.45) is 0 Å². The van der Waals surface area contributed by atoms with Crippen molar-refractivity contribution in [2.75, 3.05) is 13.2 Å². The highest BCUT2D eigenvalue weighted by molar-refractivity contribution is 6.30. The fourth-order valence-corrected chi connectivity index (χ4v) is 1.46. The first-order chi connectivity index (χ1) is 7.44. The van der Waals surface area contributed by atoms with Gasteiger partial charge in [0.05, 0.1) is 12.7 Å². The largest absolute Gasteiger partial charge is 0.394 e. The maximum Gasteiger partial charge on any atom is 0.0915 e. The van der Waals surface area contributed by atoms with E-state index in [9.17, 15) is 5.11 Å². The van der Waals surface area contributed by atoms with E-state index in [1.165, 1.54) is 0 Å². The van der Waals surface area contributed by atoms with Crippen LogP contribution in [-0.4, -0.2) is 28.9 Å². The third-order valence-electron chi connectivity index (χ3n) is 2.40. The number of nitrogens with one attached hydrogen (secondary N) is 1. The fraction of sp³-hybridized carbons (Fsp3) is 0.500. The van der Waals surface area contributed by atoms with E-state index in [-0.39, 0.29) is 12.1 Å². The minimum absolute atomic E-state index is 0.0231. The number of aliphatic hydroxyl groups excluding tert-OH is 2. The second-order valence-electron chi connectivity index (χ2n) is 4.49. The van der Waals surface area contributed by atoms with Gasteiger partial charge >= 0.3 is 0 Å². The van der Waals surface area contributed by atoms with Crippen LogP contribution in [0.4, 0.5) is 0 Å². The van der Waals surface area contributed by atoms with E-state index in [0.29, 0.717) is 11.6 Å². The third-order valence-corrected chi connectivity index (χ3v) is 2.64. The van der Waals surface area contributed by atoms with Crippen molar-refractivity contribution in [1.29, 1.82) is 0 Å². The van der Waals surface area contributed by atoms with Crippen molar-refractivity contribution in [3.05, 3.63) is 34.9 Å². The van der Waals surface area contributed by atoms with Crippen LogP contribution in [-0.2, 0) is 0 Å². The molecular weight excluding hydrogens is 226 g/mol. The molecule has 0 heterocycles. The molecule has 3 N–H and O–H groups in total. The number of hydrogen-bond donors (Lipinski definition) is 3. The molecule has 0 aliphatic carbocycles. The van der Waals surface area contributed by atoms with Crippen LogP contribution in [0.15, 0.2) is 24.3 Å². The van der Waals surface area contributed by atoms with Gasteiger partial charge in [-0.2, -0.15) is 0 Å². The van der Waals surface area contributed by atoms with Crippen LogP contribution >= 0.6 is 11.6 Å². The van der Waals surface area contributed by atoms with Gasteiger partial charge in [0.15, 0.2) is 0 Å². The number of aliphatic hydroxyl groups is 2. The Balaban J connectivity index is 2.56. The minimum Gasteiger partial charge on any atom is -0.394 e. The molecular formula is C12H18ClNO2. The molecule has 4 heteroatoms. The Bertz CT molecular complexity index is 342. The van der Waals surface area contributed by atoms with Crippen molar-refractivity contribution < 1.29 is 10.2 Å². The smallest absolute Gasteiger partial charge is 0.0915 e. The van der Waals surface area contributed by atoms with Gasteiger partial charge in [-0.25, -0.2) is 0 Å². The normalized spacial score (nSPS) is 13.8. The SMILES string of the molecule is CC(C)(CO)NCC(O)c1cccc(Cl)c1. The summed E-state index contributed by atoms with van der Waals surface area (Å²) in [4.78, 5) is 0. The van der Waals surface area contributed by atoms with Crippen LogP contribution in [0.3, 0.4) is 0 Å². The first kappa shape index (κ1) is 13.5. The van der Waals surface area contributed by atoms with Crippen LogP contribution < -0.4 is 5.32 Å².